The number of hydrogen-bond acceptors (Lipinski definition) is 2. The Bertz CT molecular complexity index is 321. The second-order valence-corrected chi connectivity index (χ2v) is 3.70. The van der Waals surface area contributed by atoms with E-state index in [0.29, 0.717) is 12.2 Å². The number of aliphatic carboxylic acids is 1. The molecule has 1 atom stereocenters. The highest BCUT2D eigenvalue weighted by Gasteiger charge is 2.34. The highest BCUT2D eigenvalue weighted by atomic mass is 16.5. The average molecular weight is 208 g/mol. The van der Waals surface area contributed by atoms with Gasteiger partial charge in [0.15, 0.2) is 0 Å². The molecule has 15 heavy (non-hydrogen) atoms. The summed E-state index contributed by atoms with van der Waals surface area (Å²) in [5.74, 6) is -0.330. The van der Waals surface area contributed by atoms with Crippen molar-refractivity contribution in [2.75, 3.05) is 0 Å². The third-order valence-electron chi connectivity index (χ3n) is 2.27. The fourth-order valence-electron chi connectivity index (χ4n) is 1.43. The maximum absolute atomic E-state index is 11.1. The highest BCUT2D eigenvalue weighted by molar-refractivity contribution is 5.77. The molecule has 0 heterocycles. The first-order chi connectivity index (χ1) is 7.08. The van der Waals surface area contributed by atoms with Gasteiger partial charge in [-0.1, -0.05) is 31.5 Å². The van der Waals surface area contributed by atoms with Gasteiger partial charge in [-0.05, 0) is 25.5 Å². The minimum Gasteiger partial charge on any atom is -0.478 e. The van der Waals surface area contributed by atoms with Gasteiger partial charge in [-0.15, -0.1) is 0 Å². The molecule has 0 radical (unpaired) electrons. The van der Waals surface area contributed by atoms with Gasteiger partial charge in [-0.25, -0.2) is 4.79 Å². The summed E-state index contributed by atoms with van der Waals surface area (Å²) in [4.78, 5) is 11.1. The molecule has 82 valence electrons. The van der Waals surface area contributed by atoms with E-state index in [1.54, 1.807) is 19.1 Å². The maximum Gasteiger partial charge on any atom is 0.347 e. The molecule has 3 heteroatoms. The molecule has 0 aromatic heterocycles. The van der Waals surface area contributed by atoms with Crippen LogP contribution in [0.4, 0.5) is 0 Å². The first kappa shape index (κ1) is 11.6. The van der Waals surface area contributed by atoms with Crippen LogP contribution in [0.1, 0.15) is 26.7 Å². The highest BCUT2D eigenvalue weighted by Crippen LogP contribution is 2.22. The Kier molecular flexibility index (Phi) is 3.72. The lowest BCUT2D eigenvalue weighted by Crippen LogP contribution is -2.41. The molecule has 0 fully saturated rings. The standard InChI is InChI=1S/C12H16O3/c1-3-9-12(2,11(13)14)15-10-7-5-4-6-8-10/h4-8H,3,9H2,1-2H3,(H,13,14)/t12-/m0/s1. The van der Waals surface area contributed by atoms with Crippen LogP contribution in [0.3, 0.4) is 0 Å². The SMILES string of the molecule is CCC[C@](C)(Oc1ccccc1)C(=O)O. The molecule has 0 saturated heterocycles. The molecule has 3 nitrogen and oxygen atoms in total. The Hall–Kier alpha value is -1.51. The van der Waals surface area contributed by atoms with Crippen LogP contribution in [-0.4, -0.2) is 16.7 Å². The molecule has 0 spiro atoms. The van der Waals surface area contributed by atoms with Crippen molar-refractivity contribution in [3.8, 4) is 5.75 Å². The zero-order chi connectivity index (χ0) is 11.3. The number of ether oxygens (including phenoxy) is 1. The topological polar surface area (TPSA) is 46.5 Å². The molecule has 0 unspecified atom stereocenters. The van der Waals surface area contributed by atoms with E-state index in [1.165, 1.54) is 0 Å². The third-order valence-corrected chi connectivity index (χ3v) is 2.27. The van der Waals surface area contributed by atoms with Crippen LogP contribution >= 0.6 is 0 Å². The minimum absolute atomic E-state index is 0.497. The molecule has 0 aliphatic heterocycles. The van der Waals surface area contributed by atoms with Gasteiger partial charge in [0.05, 0.1) is 0 Å². The van der Waals surface area contributed by atoms with Crippen molar-refractivity contribution in [2.45, 2.75) is 32.3 Å². The predicted octanol–water partition coefficient (Wildman–Crippen LogP) is 2.71. The Morgan fingerprint density at radius 1 is 1.40 bits per heavy atom. The van der Waals surface area contributed by atoms with Crippen molar-refractivity contribution in [3.05, 3.63) is 30.3 Å². The number of carbonyl (C=O) groups is 1. The van der Waals surface area contributed by atoms with Crippen LogP contribution in [-0.2, 0) is 4.79 Å². The summed E-state index contributed by atoms with van der Waals surface area (Å²) in [6.45, 7) is 3.54. The summed E-state index contributed by atoms with van der Waals surface area (Å²) in [6, 6.07) is 9.03. The van der Waals surface area contributed by atoms with Gasteiger partial charge in [0, 0.05) is 0 Å². The number of hydrogen-bond donors (Lipinski definition) is 1. The van der Waals surface area contributed by atoms with Crippen LogP contribution in [0.15, 0.2) is 30.3 Å². The second kappa shape index (κ2) is 4.82. The maximum atomic E-state index is 11.1. The average Bonchev–Trinajstić information content (AvgIpc) is 2.19. The largest absolute Gasteiger partial charge is 0.478 e. The first-order valence-corrected chi connectivity index (χ1v) is 5.06. The lowest BCUT2D eigenvalue weighted by molar-refractivity contribution is -0.154. The van der Waals surface area contributed by atoms with E-state index in [2.05, 4.69) is 0 Å². The summed E-state index contributed by atoms with van der Waals surface area (Å²) < 4.78 is 5.50. The number of carboxylic acids is 1. The van der Waals surface area contributed by atoms with E-state index in [0.717, 1.165) is 6.42 Å². The van der Waals surface area contributed by atoms with Crippen molar-refractivity contribution in [1.82, 2.24) is 0 Å². The normalized spacial score (nSPS) is 14.3. The van der Waals surface area contributed by atoms with Gasteiger partial charge >= 0.3 is 5.97 Å². The molecule has 1 rings (SSSR count). The smallest absolute Gasteiger partial charge is 0.347 e. The number of carboxylic acid groups (broad SMARTS) is 1. The van der Waals surface area contributed by atoms with E-state index in [-0.39, 0.29) is 0 Å². The van der Waals surface area contributed by atoms with Crippen LogP contribution in [0.2, 0.25) is 0 Å². The molecule has 1 N–H and O–H groups in total. The van der Waals surface area contributed by atoms with Gasteiger partial charge in [-0.2, -0.15) is 0 Å². The van der Waals surface area contributed by atoms with Crippen LogP contribution in [0, 0.1) is 0 Å². The van der Waals surface area contributed by atoms with Crippen LogP contribution in [0.5, 0.6) is 5.75 Å². The van der Waals surface area contributed by atoms with E-state index in [4.69, 9.17) is 9.84 Å². The van der Waals surface area contributed by atoms with Crippen molar-refractivity contribution >= 4 is 5.97 Å². The summed E-state index contributed by atoms with van der Waals surface area (Å²) >= 11 is 0. The minimum atomic E-state index is -1.13. The van der Waals surface area contributed by atoms with E-state index in [9.17, 15) is 4.79 Å². The summed E-state index contributed by atoms with van der Waals surface area (Å²) in [7, 11) is 0. The summed E-state index contributed by atoms with van der Waals surface area (Å²) in [6.07, 6.45) is 1.27. The van der Waals surface area contributed by atoms with Crippen molar-refractivity contribution in [1.29, 1.82) is 0 Å². The van der Waals surface area contributed by atoms with Crippen molar-refractivity contribution in [3.63, 3.8) is 0 Å². The summed E-state index contributed by atoms with van der Waals surface area (Å²) in [5, 5.41) is 9.10. The van der Waals surface area contributed by atoms with Gasteiger partial charge in [0.25, 0.3) is 0 Å². The fourth-order valence-corrected chi connectivity index (χ4v) is 1.43. The lowest BCUT2D eigenvalue weighted by Gasteiger charge is -2.25. The number of benzene rings is 1. The fraction of sp³-hybridized carbons (Fsp3) is 0.417. The Morgan fingerprint density at radius 3 is 2.47 bits per heavy atom. The van der Waals surface area contributed by atoms with Gasteiger partial charge in [0.2, 0.25) is 5.60 Å². The monoisotopic (exact) mass is 208 g/mol. The molecule has 0 aliphatic carbocycles. The summed E-state index contributed by atoms with van der Waals surface area (Å²) in [5.41, 5.74) is -1.13. The molecule has 1 aromatic rings. The van der Waals surface area contributed by atoms with Crippen molar-refractivity contribution < 1.29 is 14.6 Å². The number of rotatable bonds is 5. The Labute approximate surface area is 89.7 Å². The predicted molar refractivity (Wildman–Crippen MR) is 58.0 cm³/mol. The first-order valence-electron chi connectivity index (χ1n) is 5.06. The zero-order valence-corrected chi connectivity index (χ0v) is 9.06. The molecule has 1 aromatic carbocycles. The molecule has 0 amide bonds. The van der Waals surface area contributed by atoms with Gasteiger partial charge in [0.1, 0.15) is 5.75 Å². The van der Waals surface area contributed by atoms with Gasteiger partial charge < -0.3 is 9.84 Å². The van der Waals surface area contributed by atoms with E-state index in [1.807, 2.05) is 25.1 Å². The number of para-hydroxylation sites is 1. The molecule has 0 saturated carbocycles. The lowest BCUT2D eigenvalue weighted by atomic mass is 10.0. The zero-order valence-electron chi connectivity index (χ0n) is 9.06. The molecule has 0 bridgehead atoms. The van der Waals surface area contributed by atoms with Crippen LogP contribution < -0.4 is 4.74 Å². The van der Waals surface area contributed by atoms with Crippen molar-refractivity contribution in [2.24, 2.45) is 0 Å². The third kappa shape index (κ3) is 2.98. The quantitative estimate of drug-likeness (QED) is 0.809. The Morgan fingerprint density at radius 2 is 2.00 bits per heavy atom. The second-order valence-electron chi connectivity index (χ2n) is 3.70. The van der Waals surface area contributed by atoms with E-state index < -0.39 is 11.6 Å². The Balaban J connectivity index is 2.80. The molecular weight excluding hydrogens is 192 g/mol. The molecule has 0 aliphatic rings. The van der Waals surface area contributed by atoms with Gasteiger partial charge in [-0.3, -0.25) is 0 Å². The van der Waals surface area contributed by atoms with E-state index >= 15 is 0 Å². The van der Waals surface area contributed by atoms with Crippen LogP contribution in [0.25, 0.3) is 0 Å². The molecular formula is C12H16O3.